The van der Waals surface area contributed by atoms with Crippen molar-refractivity contribution < 1.29 is 9.18 Å². The lowest BCUT2D eigenvalue weighted by Gasteiger charge is -2.19. The van der Waals surface area contributed by atoms with Crippen LogP contribution in [0.15, 0.2) is 18.2 Å². The van der Waals surface area contributed by atoms with Crippen molar-refractivity contribution in [1.82, 2.24) is 15.1 Å². The SMILES string of the molecule is CC(=O)N1CCC(Nc2nnc(C(C)(C)C)s2)c2ccc(F)cc2C1. The summed E-state index contributed by atoms with van der Waals surface area (Å²) in [5.41, 5.74) is 1.80. The minimum Gasteiger partial charge on any atom is -0.353 e. The lowest BCUT2D eigenvalue weighted by atomic mass is 9.98. The van der Waals surface area contributed by atoms with Gasteiger partial charge in [0, 0.05) is 25.4 Å². The van der Waals surface area contributed by atoms with Crippen LogP contribution >= 0.6 is 11.3 Å². The van der Waals surface area contributed by atoms with E-state index in [2.05, 4.69) is 36.3 Å². The summed E-state index contributed by atoms with van der Waals surface area (Å²) in [5.74, 6) is -0.282. The average Bonchev–Trinajstić information content (AvgIpc) is 2.91. The maximum atomic E-state index is 13.7. The van der Waals surface area contributed by atoms with Gasteiger partial charge in [0.1, 0.15) is 10.8 Å². The van der Waals surface area contributed by atoms with Crippen molar-refractivity contribution in [3.8, 4) is 0 Å². The molecule has 1 unspecified atom stereocenters. The van der Waals surface area contributed by atoms with Crippen LogP contribution in [-0.4, -0.2) is 27.5 Å². The van der Waals surface area contributed by atoms with Crippen molar-refractivity contribution in [2.24, 2.45) is 0 Å². The second-order valence-corrected chi connectivity index (χ2v) is 8.41. The van der Waals surface area contributed by atoms with Crippen LogP contribution in [0.5, 0.6) is 0 Å². The third kappa shape index (κ3) is 3.98. The van der Waals surface area contributed by atoms with E-state index in [-0.39, 0.29) is 23.2 Å². The van der Waals surface area contributed by atoms with Crippen LogP contribution in [0.3, 0.4) is 0 Å². The molecule has 2 heterocycles. The zero-order valence-corrected chi connectivity index (χ0v) is 15.8. The van der Waals surface area contributed by atoms with Crippen molar-refractivity contribution in [2.75, 3.05) is 11.9 Å². The van der Waals surface area contributed by atoms with Gasteiger partial charge in [0.15, 0.2) is 0 Å². The summed E-state index contributed by atoms with van der Waals surface area (Å²) in [5, 5.41) is 13.7. The molecule has 3 rings (SSSR count). The number of rotatable bonds is 2. The van der Waals surface area contributed by atoms with Crippen LogP contribution in [0.2, 0.25) is 0 Å². The minimum atomic E-state index is -0.283. The monoisotopic (exact) mass is 362 g/mol. The number of carbonyl (C=O) groups is 1. The largest absolute Gasteiger partial charge is 0.353 e. The Hall–Kier alpha value is -2.02. The van der Waals surface area contributed by atoms with Crippen molar-refractivity contribution in [3.05, 3.63) is 40.2 Å². The summed E-state index contributed by atoms with van der Waals surface area (Å²) in [7, 11) is 0. The zero-order chi connectivity index (χ0) is 18.2. The van der Waals surface area contributed by atoms with Gasteiger partial charge in [0.05, 0.1) is 6.04 Å². The fourth-order valence-electron chi connectivity index (χ4n) is 2.93. The third-order valence-corrected chi connectivity index (χ3v) is 5.62. The molecule has 0 spiro atoms. The molecule has 1 aromatic heterocycles. The van der Waals surface area contributed by atoms with E-state index in [1.165, 1.54) is 23.5 Å². The number of nitrogens with one attached hydrogen (secondary N) is 1. The molecule has 0 saturated carbocycles. The van der Waals surface area contributed by atoms with Gasteiger partial charge in [0.25, 0.3) is 0 Å². The first-order chi connectivity index (χ1) is 11.7. The normalized spacial score (nSPS) is 17.8. The van der Waals surface area contributed by atoms with E-state index < -0.39 is 0 Å². The highest BCUT2D eigenvalue weighted by atomic mass is 32.1. The predicted molar refractivity (Wildman–Crippen MR) is 97.1 cm³/mol. The summed E-state index contributed by atoms with van der Waals surface area (Å²) in [6.07, 6.45) is 0.739. The molecule has 1 N–H and O–H groups in total. The second-order valence-electron chi connectivity index (χ2n) is 7.43. The minimum absolute atomic E-state index is 0.00166. The number of anilines is 1. The quantitative estimate of drug-likeness (QED) is 0.881. The number of aromatic nitrogens is 2. The number of amides is 1. The highest BCUT2D eigenvalue weighted by molar-refractivity contribution is 7.15. The number of fused-ring (bicyclic) bond motifs is 1. The smallest absolute Gasteiger partial charge is 0.219 e. The summed E-state index contributed by atoms with van der Waals surface area (Å²) in [6, 6.07) is 4.77. The summed E-state index contributed by atoms with van der Waals surface area (Å²) >= 11 is 1.54. The van der Waals surface area contributed by atoms with Gasteiger partial charge in [0.2, 0.25) is 11.0 Å². The third-order valence-electron chi connectivity index (χ3n) is 4.34. The number of nitrogens with zero attached hydrogens (tertiary/aromatic N) is 3. The van der Waals surface area contributed by atoms with E-state index in [0.29, 0.717) is 13.1 Å². The number of benzene rings is 1. The molecule has 1 aliphatic rings. The van der Waals surface area contributed by atoms with Crippen LogP contribution in [-0.2, 0) is 16.8 Å². The van der Waals surface area contributed by atoms with Crippen LogP contribution in [0, 0.1) is 5.82 Å². The molecular weight excluding hydrogens is 339 g/mol. The first-order valence-electron chi connectivity index (χ1n) is 8.38. The molecule has 1 aromatic carbocycles. The highest BCUT2D eigenvalue weighted by Crippen LogP contribution is 2.33. The topological polar surface area (TPSA) is 58.1 Å². The van der Waals surface area contributed by atoms with Gasteiger partial charge >= 0.3 is 0 Å². The molecule has 2 aromatic rings. The molecule has 1 amide bonds. The Morgan fingerprint density at radius 1 is 1.36 bits per heavy atom. The van der Waals surface area contributed by atoms with Crippen LogP contribution in [0.25, 0.3) is 0 Å². The van der Waals surface area contributed by atoms with E-state index in [4.69, 9.17) is 0 Å². The molecule has 134 valence electrons. The van der Waals surface area contributed by atoms with Crippen molar-refractivity contribution in [2.45, 2.75) is 52.1 Å². The molecule has 0 saturated heterocycles. The number of carbonyl (C=O) groups excluding carboxylic acids is 1. The van der Waals surface area contributed by atoms with Crippen molar-refractivity contribution >= 4 is 22.4 Å². The Morgan fingerprint density at radius 2 is 2.12 bits per heavy atom. The fraction of sp³-hybridized carbons (Fsp3) is 0.500. The fourth-order valence-corrected chi connectivity index (χ4v) is 3.78. The average molecular weight is 362 g/mol. The molecule has 5 nitrogen and oxygen atoms in total. The maximum Gasteiger partial charge on any atom is 0.219 e. The molecule has 7 heteroatoms. The number of halogens is 1. The van der Waals surface area contributed by atoms with Gasteiger partial charge in [-0.2, -0.15) is 0 Å². The molecule has 0 aliphatic carbocycles. The van der Waals surface area contributed by atoms with Crippen molar-refractivity contribution in [1.29, 1.82) is 0 Å². The van der Waals surface area contributed by atoms with Gasteiger partial charge in [-0.3, -0.25) is 4.79 Å². The Labute approximate surface area is 151 Å². The molecule has 0 fully saturated rings. The van der Waals surface area contributed by atoms with E-state index in [0.717, 1.165) is 27.7 Å². The van der Waals surface area contributed by atoms with Crippen molar-refractivity contribution in [3.63, 3.8) is 0 Å². The van der Waals surface area contributed by atoms with E-state index in [1.807, 2.05) is 0 Å². The first-order valence-corrected chi connectivity index (χ1v) is 9.20. The Kier molecular flexibility index (Phi) is 4.77. The van der Waals surface area contributed by atoms with Crippen LogP contribution in [0.1, 0.15) is 56.3 Å². The Bertz CT molecular complexity index is 784. The number of hydrogen-bond acceptors (Lipinski definition) is 5. The van der Waals surface area contributed by atoms with E-state index in [9.17, 15) is 9.18 Å². The van der Waals surface area contributed by atoms with E-state index >= 15 is 0 Å². The van der Waals surface area contributed by atoms with Gasteiger partial charge in [-0.1, -0.05) is 38.2 Å². The summed E-state index contributed by atoms with van der Waals surface area (Å²) in [6.45, 7) is 8.91. The Morgan fingerprint density at radius 3 is 2.76 bits per heavy atom. The van der Waals surface area contributed by atoms with Gasteiger partial charge in [-0.15, -0.1) is 10.2 Å². The zero-order valence-electron chi connectivity index (χ0n) is 15.0. The molecule has 25 heavy (non-hydrogen) atoms. The molecule has 1 atom stereocenters. The molecule has 0 bridgehead atoms. The molecular formula is C18H23FN4OS. The standard InChI is InChI=1S/C18H23FN4OS/c1-11(24)23-8-7-15(14-6-5-13(19)9-12(14)10-23)20-17-22-21-16(25-17)18(2,3)4/h5-6,9,15H,7-8,10H2,1-4H3,(H,20,22). The van der Waals surface area contributed by atoms with Crippen LogP contribution < -0.4 is 5.32 Å². The van der Waals surface area contributed by atoms with Crippen LogP contribution in [0.4, 0.5) is 9.52 Å². The Balaban J connectivity index is 1.89. The predicted octanol–water partition coefficient (Wildman–Crippen LogP) is 3.88. The van der Waals surface area contributed by atoms with E-state index in [1.54, 1.807) is 17.9 Å². The maximum absolute atomic E-state index is 13.7. The van der Waals surface area contributed by atoms with Gasteiger partial charge < -0.3 is 10.2 Å². The summed E-state index contributed by atoms with van der Waals surface area (Å²) < 4.78 is 13.7. The molecule has 1 aliphatic heterocycles. The second kappa shape index (κ2) is 6.71. The lowest BCUT2D eigenvalue weighted by molar-refractivity contribution is -0.129. The lowest BCUT2D eigenvalue weighted by Crippen LogP contribution is -2.28. The summed E-state index contributed by atoms with van der Waals surface area (Å²) in [4.78, 5) is 13.6. The van der Waals surface area contributed by atoms with Gasteiger partial charge in [-0.05, 0) is 29.7 Å². The number of hydrogen-bond donors (Lipinski definition) is 1. The van der Waals surface area contributed by atoms with Gasteiger partial charge in [-0.25, -0.2) is 4.39 Å². The first kappa shape index (κ1) is 17.8. The molecule has 0 radical (unpaired) electrons. The highest BCUT2D eigenvalue weighted by Gasteiger charge is 2.26.